The van der Waals surface area contributed by atoms with Gasteiger partial charge in [-0.15, -0.1) is 0 Å². The summed E-state index contributed by atoms with van der Waals surface area (Å²) in [5.74, 6) is -0.650. The topological polar surface area (TPSA) is 35.5 Å². The molecule has 0 aliphatic rings. The molecule has 2 rings (SSSR count). The minimum Gasteiger partial charge on any atom is -0.503 e. The number of hydrogen-bond donors (Lipinski definition) is 0. The third-order valence-corrected chi connectivity index (χ3v) is 4.24. The number of benzene rings is 2. The molecule has 2 aromatic carbocycles. The molecule has 0 spiro atoms. The normalized spacial score (nSPS) is 13.1. The Labute approximate surface area is 180 Å². The number of halogens is 6. The number of hydrogen-bond acceptors (Lipinski definition) is 3. The molecule has 0 N–H and O–H groups in total. The van der Waals surface area contributed by atoms with Gasteiger partial charge in [0.05, 0.1) is 31.6 Å². The van der Waals surface area contributed by atoms with Gasteiger partial charge in [-0.2, -0.15) is 26.3 Å². The zero-order valence-electron chi connectivity index (χ0n) is 16.9. The molecule has 0 atom stereocenters. The molecule has 0 saturated heterocycles. The molecule has 0 aliphatic carbocycles. The maximum atomic E-state index is 13.2. The van der Waals surface area contributed by atoms with E-state index in [1.54, 1.807) is 24.3 Å². The number of methoxy groups -OCH3 is 2. The van der Waals surface area contributed by atoms with Crippen molar-refractivity contribution in [3.63, 3.8) is 0 Å². The Bertz CT molecular complexity index is 1050. The summed E-state index contributed by atoms with van der Waals surface area (Å²) in [5.41, 5.74) is -2.08. The van der Waals surface area contributed by atoms with E-state index in [-0.39, 0.29) is 11.6 Å². The first-order valence-electron chi connectivity index (χ1n) is 9.03. The lowest BCUT2D eigenvalue weighted by atomic mass is 10.00. The summed E-state index contributed by atoms with van der Waals surface area (Å²) < 4.78 is 87.7. The van der Waals surface area contributed by atoms with E-state index in [1.165, 1.54) is 38.7 Å². The number of carbonyl (C=O) groups is 1. The van der Waals surface area contributed by atoms with Gasteiger partial charge in [0.15, 0.2) is 0 Å². The highest BCUT2D eigenvalue weighted by Gasteiger charge is 2.37. The molecular weight excluding hydrogens is 438 g/mol. The molecule has 0 aromatic heterocycles. The molecule has 0 heterocycles. The summed E-state index contributed by atoms with van der Waals surface area (Å²) in [7, 11) is 2.56. The van der Waals surface area contributed by atoms with Crippen molar-refractivity contribution in [1.82, 2.24) is 0 Å². The largest absolute Gasteiger partial charge is 0.503 e. The number of ether oxygens (including phenoxy) is 2. The quantitative estimate of drug-likeness (QED) is 0.161. The monoisotopic (exact) mass is 456 g/mol. The lowest BCUT2D eigenvalue weighted by Gasteiger charge is -2.14. The second-order valence-corrected chi connectivity index (χ2v) is 6.36. The van der Waals surface area contributed by atoms with Crippen LogP contribution in [0.25, 0.3) is 17.7 Å². The Morgan fingerprint density at radius 3 is 2.03 bits per heavy atom. The first-order valence-corrected chi connectivity index (χ1v) is 9.03. The molecule has 0 amide bonds. The summed E-state index contributed by atoms with van der Waals surface area (Å²) in [5, 5.41) is 0. The first-order chi connectivity index (χ1) is 15.0. The van der Waals surface area contributed by atoms with Gasteiger partial charge in [-0.25, -0.2) is 4.79 Å². The molecule has 170 valence electrons. The van der Waals surface area contributed by atoms with Crippen molar-refractivity contribution < 1.29 is 40.6 Å². The molecule has 0 radical (unpaired) electrons. The summed E-state index contributed by atoms with van der Waals surface area (Å²) in [6.45, 7) is 0. The Balaban J connectivity index is 2.38. The zero-order valence-corrected chi connectivity index (χ0v) is 16.9. The van der Waals surface area contributed by atoms with Gasteiger partial charge >= 0.3 is 18.3 Å². The molecule has 0 fully saturated rings. The number of alkyl halides is 6. The first kappa shape index (κ1) is 24.8. The van der Waals surface area contributed by atoms with Gasteiger partial charge in [-0.05, 0) is 28.8 Å². The predicted octanol–water partition coefficient (Wildman–Crippen LogP) is 6.61. The molecule has 2 aromatic rings. The Kier molecular flexibility index (Phi) is 7.91. The van der Waals surface area contributed by atoms with Gasteiger partial charge in [0.25, 0.3) is 0 Å². The van der Waals surface area contributed by atoms with Crippen LogP contribution in [0.5, 0.6) is 0 Å². The van der Waals surface area contributed by atoms with Crippen LogP contribution in [0.15, 0.2) is 60.9 Å². The fourth-order valence-corrected chi connectivity index (χ4v) is 2.78. The molecule has 9 heteroatoms. The Morgan fingerprint density at radius 2 is 1.47 bits per heavy atom. The van der Waals surface area contributed by atoms with E-state index in [1.807, 2.05) is 0 Å². The average molecular weight is 456 g/mol. The van der Waals surface area contributed by atoms with E-state index >= 15 is 0 Å². The predicted molar refractivity (Wildman–Crippen MR) is 108 cm³/mol. The van der Waals surface area contributed by atoms with Crippen LogP contribution in [0.1, 0.15) is 27.8 Å². The summed E-state index contributed by atoms with van der Waals surface area (Å²) in [6, 6.07) is 8.08. The molecule has 0 saturated carbocycles. The molecular formula is C23H18F6O3. The lowest BCUT2D eigenvalue weighted by Crippen LogP contribution is -2.12. The SMILES string of the molecule is CO/C=C(\C(=O)OC)c1ccccc1/C=C/C=C/c1ccc(C(F)(F)F)cc1C(F)(F)F. The van der Waals surface area contributed by atoms with E-state index in [4.69, 9.17) is 9.47 Å². The van der Waals surface area contributed by atoms with Crippen LogP contribution in [-0.4, -0.2) is 20.2 Å². The maximum absolute atomic E-state index is 13.2. The van der Waals surface area contributed by atoms with Crippen molar-refractivity contribution >= 4 is 23.7 Å². The molecule has 0 unspecified atom stereocenters. The fraction of sp³-hybridized carbons (Fsp3) is 0.174. The van der Waals surface area contributed by atoms with Crippen molar-refractivity contribution in [2.45, 2.75) is 12.4 Å². The highest BCUT2D eigenvalue weighted by atomic mass is 19.4. The molecule has 3 nitrogen and oxygen atoms in total. The van der Waals surface area contributed by atoms with Crippen LogP contribution >= 0.6 is 0 Å². The minimum absolute atomic E-state index is 0.0802. The number of carbonyl (C=O) groups excluding carboxylic acids is 1. The van der Waals surface area contributed by atoms with E-state index in [0.717, 1.165) is 12.1 Å². The fourth-order valence-electron chi connectivity index (χ4n) is 2.78. The van der Waals surface area contributed by atoms with Crippen LogP contribution < -0.4 is 0 Å². The maximum Gasteiger partial charge on any atom is 0.417 e. The average Bonchev–Trinajstić information content (AvgIpc) is 2.73. The summed E-state index contributed by atoms with van der Waals surface area (Å²) in [6.07, 6.45) is -3.42. The minimum atomic E-state index is -4.96. The number of rotatable bonds is 6. The van der Waals surface area contributed by atoms with Crippen molar-refractivity contribution in [2.24, 2.45) is 0 Å². The van der Waals surface area contributed by atoms with Crippen molar-refractivity contribution in [2.75, 3.05) is 14.2 Å². The highest BCUT2D eigenvalue weighted by molar-refractivity contribution is 6.17. The van der Waals surface area contributed by atoms with E-state index in [2.05, 4.69) is 0 Å². The van der Waals surface area contributed by atoms with Crippen molar-refractivity contribution in [3.8, 4) is 0 Å². The van der Waals surface area contributed by atoms with E-state index in [9.17, 15) is 31.1 Å². The second kappa shape index (κ2) is 10.2. The smallest absolute Gasteiger partial charge is 0.417 e. The number of allylic oxidation sites excluding steroid dienone is 2. The molecule has 0 bridgehead atoms. The van der Waals surface area contributed by atoms with Gasteiger partial charge in [-0.3, -0.25) is 0 Å². The Morgan fingerprint density at radius 1 is 0.844 bits per heavy atom. The molecule has 32 heavy (non-hydrogen) atoms. The van der Waals surface area contributed by atoms with Crippen LogP contribution in [0, 0.1) is 0 Å². The Hall–Kier alpha value is -3.49. The van der Waals surface area contributed by atoms with E-state index < -0.39 is 35.0 Å². The summed E-state index contributed by atoms with van der Waals surface area (Å²) in [4.78, 5) is 12.0. The zero-order chi connectivity index (χ0) is 23.9. The van der Waals surface area contributed by atoms with Crippen LogP contribution in [-0.2, 0) is 26.6 Å². The van der Waals surface area contributed by atoms with Gasteiger partial charge in [0, 0.05) is 0 Å². The summed E-state index contributed by atoms with van der Waals surface area (Å²) >= 11 is 0. The lowest BCUT2D eigenvalue weighted by molar-refractivity contribution is -0.143. The number of esters is 1. The van der Waals surface area contributed by atoms with Gasteiger partial charge < -0.3 is 9.47 Å². The second-order valence-electron chi connectivity index (χ2n) is 6.36. The van der Waals surface area contributed by atoms with Crippen LogP contribution in [0.2, 0.25) is 0 Å². The van der Waals surface area contributed by atoms with Crippen molar-refractivity contribution in [3.05, 3.63) is 88.7 Å². The van der Waals surface area contributed by atoms with E-state index in [0.29, 0.717) is 17.2 Å². The highest BCUT2D eigenvalue weighted by Crippen LogP contribution is 2.37. The third kappa shape index (κ3) is 6.26. The molecule has 0 aliphatic heterocycles. The standard InChI is InChI=1S/C23H18F6O3/c1-31-14-19(21(30)32-2)18-10-6-5-8-15(18)7-3-4-9-16-11-12-17(22(24,25)26)13-20(16)23(27,28)29/h3-14H,1-2H3/b7-3+,9-4+,19-14-. The van der Waals surface area contributed by atoms with Gasteiger partial charge in [0.2, 0.25) is 0 Å². The van der Waals surface area contributed by atoms with Crippen molar-refractivity contribution in [1.29, 1.82) is 0 Å². The third-order valence-electron chi connectivity index (χ3n) is 4.24. The van der Waals surface area contributed by atoms with Gasteiger partial charge in [-0.1, -0.05) is 54.6 Å². The van der Waals surface area contributed by atoms with Crippen LogP contribution in [0.4, 0.5) is 26.3 Å². The van der Waals surface area contributed by atoms with Crippen LogP contribution in [0.3, 0.4) is 0 Å². The van der Waals surface area contributed by atoms with Gasteiger partial charge in [0.1, 0.15) is 5.57 Å².